The fourth-order valence-electron chi connectivity index (χ4n) is 3.40. The van der Waals surface area contributed by atoms with E-state index in [1.54, 1.807) is 19.1 Å². The fourth-order valence-corrected chi connectivity index (χ4v) is 3.40. The maximum atomic E-state index is 14.6. The normalized spacial score (nSPS) is 13.2. The van der Waals surface area contributed by atoms with E-state index in [-0.39, 0.29) is 31.9 Å². The second-order valence-corrected chi connectivity index (χ2v) is 8.55. The molecule has 2 amide bonds. The number of halogens is 2. The van der Waals surface area contributed by atoms with Crippen molar-refractivity contribution in [1.29, 1.82) is 0 Å². The Morgan fingerprint density at radius 3 is 2.76 bits per heavy atom. The number of pyridine rings is 1. The van der Waals surface area contributed by atoms with Crippen LogP contribution < -0.4 is 20.7 Å². The van der Waals surface area contributed by atoms with Gasteiger partial charge in [0.15, 0.2) is 0 Å². The predicted molar refractivity (Wildman–Crippen MR) is 129 cm³/mol. The van der Waals surface area contributed by atoms with Gasteiger partial charge in [-0.25, -0.2) is 18.6 Å². The third-order valence-corrected chi connectivity index (χ3v) is 5.14. The van der Waals surface area contributed by atoms with Gasteiger partial charge in [-0.05, 0) is 79.9 Å². The summed E-state index contributed by atoms with van der Waals surface area (Å²) < 4.78 is 33.8. The molecule has 4 N–H and O–H groups in total. The van der Waals surface area contributed by atoms with Crippen LogP contribution in [0, 0.1) is 12.7 Å². The Morgan fingerprint density at radius 1 is 1.29 bits per heavy atom. The lowest BCUT2D eigenvalue weighted by atomic mass is 9.98. The molecule has 1 aromatic carbocycles. The molecule has 2 aromatic rings. The number of hydrogen-bond acceptors (Lipinski definition) is 5. The van der Waals surface area contributed by atoms with E-state index < -0.39 is 17.5 Å². The number of alkyl halides is 1. The number of carbonyl (C=O) groups is 1. The highest BCUT2D eigenvalue weighted by Gasteiger charge is 2.17. The number of anilines is 1. The van der Waals surface area contributed by atoms with Crippen molar-refractivity contribution in [3.63, 3.8) is 0 Å². The third-order valence-electron chi connectivity index (χ3n) is 5.14. The molecule has 182 valence electrons. The van der Waals surface area contributed by atoms with Crippen molar-refractivity contribution in [2.45, 2.75) is 32.9 Å². The number of urea groups is 1. The van der Waals surface area contributed by atoms with Gasteiger partial charge in [-0.1, -0.05) is 6.08 Å². The van der Waals surface area contributed by atoms with E-state index in [4.69, 9.17) is 9.84 Å². The lowest BCUT2D eigenvalue weighted by molar-refractivity contribution is 0.196. The van der Waals surface area contributed by atoms with E-state index in [1.807, 2.05) is 24.4 Å². The number of benzene rings is 1. The lowest BCUT2D eigenvalue weighted by Crippen LogP contribution is -2.32. The average Bonchev–Trinajstić information content (AvgIpc) is 2.79. The van der Waals surface area contributed by atoms with Crippen LogP contribution in [0.1, 0.15) is 31.5 Å². The van der Waals surface area contributed by atoms with E-state index >= 15 is 0 Å². The summed E-state index contributed by atoms with van der Waals surface area (Å²) in [5.41, 5.74) is 2.18. The number of aliphatic hydroxyl groups excluding tert-OH is 1. The van der Waals surface area contributed by atoms with Crippen molar-refractivity contribution < 1.29 is 23.4 Å². The molecule has 0 bridgehead atoms. The molecule has 1 aliphatic rings. The minimum Gasteiger partial charge on any atom is -0.475 e. The first-order chi connectivity index (χ1) is 16.2. The smallest absolute Gasteiger partial charge is 0.319 e. The van der Waals surface area contributed by atoms with Crippen LogP contribution in [0.2, 0.25) is 0 Å². The number of aromatic nitrogens is 1. The summed E-state index contributed by atoms with van der Waals surface area (Å²) in [5, 5.41) is 17.3. The maximum Gasteiger partial charge on any atom is 0.319 e. The Morgan fingerprint density at radius 2 is 2.09 bits per heavy atom. The summed E-state index contributed by atoms with van der Waals surface area (Å²) in [6, 6.07) is 5.84. The van der Waals surface area contributed by atoms with Crippen LogP contribution in [-0.2, 0) is 0 Å². The SMILES string of the molecule is Cc1cc(F)c(NC(=O)NCCC(C)(C)F)cc1-c1cc(OCCO)nc(C2=CCNC=C2)c1. The first-order valence-corrected chi connectivity index (χ1v) is 11.1. The first kappa shape index (κ1) is 25.2. The van der Waals surface area contributed by atoms with Crippen LogP contribution in [0.15, 0.2) is 42.6 Å². The van der Waals surface area contributed by atoms with E-state index in [9.17, 15) is 13.6 Å². The average molecular weight is 473 g/mol. The van der Waals surface area contributed by atoms with E-state index in [2.05, 4.69) is 20.9 Å². The van der Waals surface area contributed by atoms with Gasteiger partial charge in [-0.2, -0.15) is 0 Å². The number of allylic oxidation sites excluding steroid dienone is 2. The van der Waals surface area contributed by atoms with Crippen molar-refractivity contribution >= 4 is 17.3 Å². The van der Waals surface area contributed by atoms with Crippen LogP contribution in [0.3, 0.4) is 0 Å². The Bertz CT molecular complexity index is 1090. The minimum absolute atomic E-state index is 0.00484. The molecule has 1 aromatic heterocycles. The standard InChI is InChI=1S/C25H30F2N4O3/c1-16-12-20(26)22(31-24(33)29-9-6-25(2,3)27)15-19(16)18-13-21(17-4-7-28-8-5-17)30-23(14-18)34-11-10-32/h4-5,7,12-15,28,32H,6,8-11H2,1-3H3,(H2,29,31,33). The van der Waals surface area contributed by atoms with Crippen LogP contribution in [0.4, 0.5) is 19.3 Å². The Kier molecular flexibility index (Phi) is 8.22. The van der Waals surface area contributed by atoms with Crippen molar-refractivity contribution in [2.75, 3.05) is 31.6 Å². The number of amides is 2. The van der Waals surface area contributed by atoms with Crippen LogP contribution in [0.25, 0.3) is 16.7 Å². The van der Waals surface area contributed by atoms with Gasteiger partial charge in [0, 0.05) is 19.2 Å². The molecule has 0 saturated heterocycles. The van der Waals surface area contributed by atoms with Crippen molar-refractivity contribution in [2.24, 2.45) is 0 Å². The van der Waals surface area contributed by atoms with Crippen LogP contribution in [-0.4, -0.2) is 48.1 Å². The third kappa shape index (κ3) is 7.02. The molecule has 0 aliphatic carbocycles. The van der Waals surface area contributed by atoms with E-state index in [1.165, 1.54) is 19.9 Å². The molecule has 0 saturated carbocycles. The quantitative estimate of drug-likeness (QED) is 0.436. The molecule has 3 rings (SSSR count). The summed E-state index contributed by atoms with van der Waals surface area (Å²) in [5.74, 6) is -0.267. The van der Waals surface area contributed by atoms with Crippen molar-refractivity contribution in [3.8, 4) is 17.0 Å². The molecule has 0 radical (unpaired) electrons. The number of aliphatic hydroxyl groups is 1. The molecular weight excluding hydrogens is 442 g/mol. The summed E-state index contributed by atoms with van der Waals surface area (Å²) in [6.45, 7) is 5.31. The molecule has 1 aliphatic heterocycles. The lowest BCUT2D eigenvalue weighted by Gasteiger charge is -2.16. The molecule has 9 heteroatoms. The van der Waals surface area contributed by atoms with Crippen molar-refractivity contribution in [3.05, 3.63) is 59.7 Å². The van der Waals surface area contributed by atoms with Gasteiger partial charge in [0.25, 0.3) is 0 Å². The molecule has 0 spiro atoms. The molecule has 0 unspecified atom stereocenters. The number of carbonyl (C=O) groups excluding carboxylic acids is 1. The molecule has 34 heavy (non-hydrogen) atoms. The fraction of sp³-hybridized carbons (Fsp3) is 0.360. The first-order valence-electron chi connectivity index (χ1n) is 11.1. The van der Waals surface area contributed by atoms with Crippen LogP contribution in [0.5, 0.6) is 5.88 Å². The topological polar surface area (TPSA) is 95.5 Å². The van der Waals surface area contributed by atoms with E-state index in [0.717, 1.165) is 5.57 Å². The molecule has 2 heterocycles. The molecule has 7 nitrogen and oxygen atoms in total. The predicted octanol–water partition coefficient (Wildman–Crippen LogP) is 4.33. The zero-order chi connectivity index (χ0) is 24.7. The monoisotopic (exact) mass is 472 g/mol. The minimum atomic E-state index is -1.41. The van der Waals surface area contributed by atoms with E-state index in [0.29, 0.717) is 34.8 Å². The van der Waals surface area contributed by atoms with Gasteiger partial charge in [0.05, 0.1) is 18.0 Å². The van der Waals surface area contributed by atoms with Gasteiger partial charge >= 0.3 is 6.03 Å². The van der Waals surface area contributed by atoms with Gasteiger partial charge < -0.3 is 25.8 Å². The number of ether oxygens (including phenoxy) is 1. The van der Waals surface area contributed by atoms with Gasteiger partial charge in [-0.3, -0.25) is 0 Å². The number of nitrogens with zero attached hydrogens (tertiary/aromatic N) is 1. The largest absolute Gasteiger partial charge is 0.475 e. The number of rotatable bonds is 9. The molecule has 0 atom stereocenters. The maximum absolute atomic E-state index is 14.6. The number of aryl methyl sites for hydroxylation is 1. The van der Waals surface area contributed by atoms with Crippen LogP contribution >= 0.6 is 0 Å². The van der Waals surface area contributed by atoms with Gasteiger partial charge in [0.1, 0.15) is 18.1 Å². The Balaban J connectivity index is 1.91. The Labute approximate surface area is 197 Å². The summed E-state index contributed by atoms with van der Waals surface area (Å²) in [6.07, 6.45) is 5.83. The number of nitrogens with one attached hydrogen (secondary N) is 3. The summed E-state index contributed by atoms with van der Waals surface area (Å²) in [7, 11) is 0. The molecular formula is C25H30F2N4O3. The van der Waals surface area contributed by atoms with Gasteiger partial charge in [0.2, 0.25) is 5.88 Å². The zero-order valence-corrected chi connectivity index (χ0v) is 19.5. The highest BCUT2D eigenvalue weighted by Crippen LogP contribution is 2.33. The second kappa shape index (κ2) is 11.1. The number of dihydropyridines is 1. The summed E-state index contributed by atoms with van der Waals surface area (Å²) >= 11 is 0. The second-order valence-electron chi connectivity index (χ2n) is 8.55. The highest BCUT2D eigenvalue weighted by atomic mass is 19.1. The molecule has 0 fully saturated rings. The Hall–Kier alpha value is -3.46. The summed E-state index contributed by atoms with van der Waals surface area (Å²) in [4.78, 5) is 16.8. The van der Waals surface area contributed by atoms with Gasteiger partial charge in [-0.15, -0.1) is 0 Å². The zero-order valence-electron chi connectivity index (χ0n) is 19.5. The highest BCUT2D eigenvalue weighted by molar-refractivity contribution is 5.91. The number of hydrogen-bond donors (Lipinski definition) is 4. The van der Waals surface area contributed by atoms with Crippen molar-refractivity contribution in [1.82, 2.24) is 15.6 Å².